The number of phenolic OH excluding ortho intramolecular Hbond substituents is 2. The van der Waals surface area contributed by atoms with E-state index >= 15 is 0 Å². The van der Waals surface area contributed by atoms with Gasteiger partial charge >= 0.3 is 11.9 Å². The van der Waals surface area contributed by atoms with E-state index in [-0.39, 0.29) is 47.3 Å². The van der Waals surface area contributed by atoms with Crippen LogP contribution in [0.4, 0.5) is 0 Å². The SMILES string of the molecule is COc1ccc(CC(C)NCC(O)c2ccc(O)c(C(=O)NOC(=O)/C=C/C(=O)ONC(=O)c3cc(C(O)CNC(C)Cc4ccc(OC)cc4)ccc3O)c2)cc1.O.O. The number of aliphatic hydroxyl groups excluding tert-OH is 2. The second kappa shape index (κ2) is 24.4. The maximum Gasteiger partial charge on any atom is 0.356 e. The Hall–Kier alpha value is -6.54. The normalized spacial score (nSPS) is 12.7. The van der Waals surface area contributed by atoms with Crippen LogP contribution in [-0.2, 0) is 32.1 Å². The number of carbonyl (C=O) groups is 4. The smallest absolute Gasteiger partial charge is 0.356 e. The lowest BCUT2D eigenvalue weighted by Crippen LogP contribution is -2.32. The fourth-order valence-electron chi connectivity index (χ4n) is 5.63. The number of carbonyl (C=O) groups excluding carboxylic acids is 4. The van der Waals surface area contributed by atoms with E-state index in [0.717, 1.165) is 22.6 Å². The number of hydrogen-bond acceptors (Lipinski definition) is 14. The first-order valence-corrected chi connectivity index (χ1v) is 18.2. The molecule has 0 heterocycles. The monoisotopic (exact) mass is 836 g/mol. The Morgan fingerprint density at radius 2 is 0.933 bits per heavy atom. The number of hydroxylamine groups is 2. The quantitative estimate of drug-likeness (QED) is 0.0522. The number of phenols is 2. The van der Waals surface area contributed by atoms with Gasteiger partial charge in [0.05, 0.1) is 37.6 Å². The third-order valence-electron chi connectivity index (χ3n) is 8.87. The molecule has 4 aromatic rings. The van der Waals surface area contributed by atoms with E-state index < -0.39 is 47.5 Å². The van der Waals surface area contributed by atoms with Gasteiger partial charge < -0.3 is 61.2 Å². The third-order valence-corrected chi connectivity index (χ3v) is 8.87. The lowest BCUT2D eigenvalue weighted by atomic mass is 10.0. The zero-order valence-corrected chi connectivity index (χ0v) is 33.4. The van der Waals surface area contributed by atoms with E-state index in [0.29, 0.717) is 36.1 Å². The Morgan fingerprint density at radius 1 is 0.583 bits per heavy atom. The molecule has 2 amide bonds. The van der Waals surface area contributed by atoms with Gasteiger partial charge in [-0.1, -0.05) is 36.4 Å². The molecule has 0 bridgehead atoms. The first-order chi connectivity index (χ1) is 27.8. The first kappa shape index (κ1) is 49.6. The van der Waals surface area contributed by atoms with E-state index in [2.05, 4.69) is 20.3 Å². The Bertz CT molecular complexity index is 1900. The summed E-state index contributed by atoms with van der Waals surface area (Å²) in [5.74, 6) is -3.86. The van der Waals surface area contributed by atoms with Crippen molar-refractivity contribution in [3.8, 4) is 23.0 Å². The van der Waals surface area contributed by atoms with Crippen molar-refractivity contribution < 1.29 is 69.7 Å². The van der Waals surface area contributed by atoms with Crippen molar-refractivity contribution in [2.24, 2.45) is 0 Å². The highest BCUT2D eigenvalue weighted by Gasteiger charge is 2.19. The Balaban J connectivity index is 0.00000620. The molecule has 18 heteroatoms. The van der Waals surface area contributed by atoms with E-state index in [9.17, 15) is 39.6 Å². The topological polar surface area (TPSA) is 297 Å². The first-order valence-electron chi connectivity index (χ1n) is 18.2. The van der Waals surface area contributed by atoms with Crippen molar-refractivity contribution in [1.82, 2.24) is 21.6 Å². The Kier molecular flexibility index (Phi) is 20.2. The van der Waals surface area contributed by atoms with E-state index in [4.69, 9.17) is 9.47 Å². The van der Waals surface area contributed by atoms with Gasteiger partial charge in [0.15, 0.2) is 0 Å². The largest absolute Gasteiger partial charge is 0.507 e. The predicted molar refractivity (Wildman–Crippen MR) is 218 cm³/mol. The summed E-state index contributed by atoms with van der Waals surface area (Å²) in [6, 6.07) is 23.0. The zero-order valence-electron chi connectivity index (χ0n) is 33.4. The van der Waals surface area contributed by atoms with Crippen LogP contribution in [0.25, 0.3) is 0 Å². The van der Waals surface area contributed by atoms with Gasteiger partial charge in [-0.05, 0) is 97.5 Å². The predicted octanol–water partition coefficient (Wildman–Crippen LogP) is 1.61. The second-order valence-electron chi connectivity index (χ2n) is 13.3. The van der Waals surface area contributed by atoms with Crippen molar-refractivity contribution >= 4 is 23.8 Å². The minimum atomic E-state index is -1.21. The Labute approximate surface area is 346 Å². The molecule has 0 saturated carbocycles. The van der Waals surface area contributed by atoms with Crippen molar-refractivity contribution in [3.05, 3.63) is 130 Å². The second-order valence-corrected chi connectivity index (χ2v) is 13.3. The molecule has 0 aromatic heterocycles. The van der Waals surface area contributed by atoms with Gasteiger partial charge in [-0.25, -0.2) is 9.59 Å². The summed E-state index contributed by atoms with van der Waals surface area (Å²) in [5, 5.41) is 48.4. The molecule has 4 unspecified atom stereocenters. The molecular weight excluding hydrogens is 784 g/mol. The van der Waals surface area contributed by atoms with Crippen molar-refractivity contribution in [2.75, 3.05) is 27.3 Å². The lowest BCUT2D eigenvalue weighted by molar-refractivity contribution is -0.145. The number of ether oxygens (including phenoxy) is 2. The van der Waals surface area contributed by atoms with Crippen LogP contribution < -0.4 is 31.1 Å². The van der Waals surface area contributed by atoms with Gasteiger partial charge in [-0.15, -0.1) is 0 Å². The van der Waals surface area contributed by atoms with Crippen LogP contribution in [0.1, 0.15) is 69.0 Å². The highest BCUT2D eigenvalue weighted by molar-refractivity contribution is 5.99. The van der Waals surface area contributed by atoms with Crippen LogP contribution >= 0.6 is 0 Å². The number of amides is 2. The molecule has 4 rings (SSSR count). The van der Waals surface area contributed by atoms with Gasteiger partial charge in [0.1, 0.15) is 23.0 Å². The van der Waals surface area contributed by atoms with E-state index in [1.807, 2.05) is 73.3 Å². The molecule has 18 nitrogen and oxygen atoms in total. The molecule has 4 aromatic carbocycles. The minimum Gasteiger partial charge on any atom is -0.507 e. The van der Waals surface area contributed by atoms with Crippen molar-refractivity contribution in [3.63, 3.8) is 0 Å². The van der Waals surface area contributed by atoms with Crippen LogP contribution in [-0.4, -0.2) is 94.5 Å². The summed E-state index contributed by atoms with van der Waals surface area (Å²) in [4.78, 5) is 59.0. The third kappa shape index (κ3) is 15.3. The average Bonchev–Trinajstić information content (AvgIpc) is 3.23. The van der Waals surface area contributed by atoms with Crippen molar-refractivity contribution in [1.29, 1.82) is 0 Å². The fraction of sp³-hybridized carbons (Fsp3) is 0.286. The van der Waals surface area contributed by atoms with Gasteiger partial charge in [0.2, 0.25) is 0 Å². The summed E-state index contributed by atoms with van der Waals surface area (Å²) >= 11 is 0. The van der Waals surface area contributed by atoms with Crippen LogP contribution in [0.3, 0.4) is 0 Å². The van der Waals surface area contributed by atoms with Crippen LogP contribution in [0, 0.1) is 0 Å². The van der Waals surface area contributed by atoms with Crippen LogP contribution in [0.2, 0.25) is 0 Å². The molecular formula is C42H52N4O14. The Morgan fingerprint density at radius 3 is 1.27 bits per heavy atom. The lowest BCUT2D eigenvalue weighted by Gasteiger charge is -2.18. The molecule has 0 spiro atoms. The number of rotatable bonds is 18. The number of nitrogens with one attached hydrogen (secondary N) is 4. The number of benzene rings is 4. The zero-order chi connectivity index (χ0) is 42.2. The molecule has 0 aliphatic heterocycles. The molecule has 12 N–H and O–H groups in total. The highest BCUT2D eigenvalue weighted by atomic mass is 16.7. The number of aliphatic hydroxyl groups is 2. The molecule has 0 fully saturated rings. The molecule has 4 atom stereocenters. The summed E-state index contributed by atoms with van der Waals surface area (Å²) in [6.45, 7) is 4.19. The van der Waals surface area contributed by atoms with Crippen molar-refractivity contribution in [2.45, 2.75) is 51.0 Å². The average molecular weight is 837 g/mol. The highest BCUT2D eigenvalue weighted by Crippen LogP contribution is 2.24. The minimum absolute atomic E-state index is 0. The summed E-state index contributed by atoms with van der Waals surface area (Å²) in [6.07, 6.45) is 0.478. The van der Waals surface area contributed by atoms with Gasteiger partial charge in [0.25, 0.3) is 11.8 Å². The molecule has 324 valence electrons. The number of hydrogen-bond donors (Lipinski definition) is 8. The summed E-state index contributed by atoms with van der Waals surface area (Å²) in [5.41, 5.74) is 5.87. The molecule has 0 aliphatic rings. The molecule has 60 heavy (non-hydrogen) atoms. The maximum atomic E-state index is 12.7. The molecule has 0 radical (unpaired) electrons. The van der Waals surface area contributed by atoms with E-state index in [1.165, 1.54) is 36.4 Å². The summed E-state index contributed by atoms with van der Waals surface area (Å²) in [7, 11) is 3.18. The van der Waals surface area contributed by atoms with Crippen LogP contribution in [0.5, 0.6) is 23.0 Å². The van der Waals surface area contributed by atoms with Gasteiger partial charge in [-0.2, -0.15) is 11.0 Å². The fourth-order valence-corrected chi connectivity index (χ4v) is 5.63. The number of methoxy groups -OCH3 is 2. The van der Waals surface area contributed by atoms with E-state index in [1.54, 1.807) is 14.2 Å². The van der Waals surface area contributed by atoms with Gasteiger partial charge in [0, 0.05) is 37.3 Å². The number of aromatic hydroxyl groups is 2. The molecule has 0 saturated heterocycles. The van der Waals surface area contributed by atoms with Crippen LogP contribution in [0.15, 0.2) is 97.1 Å². The molecule has 0 aliphatic carbocycles. The van der Waals surface area contributed by atoms with Gasteiger partial charge in [-0.3, -0.25) is 9.59 Å². The standard InChI is InChI=1S/C42H48N4O12.2H2O/c1-25(19-27-5-11-31(55-3)12-6-27)43-23-37(49)29-9-15-35(47)33(21-29)41(53)45-57-39(51)17-18-40(52)58-46-42(54)34-22-30(10-16-36(34)48)38(50)24-44-26(2)20-28-7-13-32(56-4)14-8-28;;/h5-18,21-22,25-26,37-38,43-44,47-50H,19-20,23-24H2,1-4H3,(H,45,53)(H,46,54);2*1H2/b18-17+;;. The summed E-state index contributed by atoms with van der Waals surface area (Å²) < 4.78 is 10.4. The maximum absolute atomic E-state index is 12.7.